The highest BCUT2D eigenvalue weighted by Crippen LogP contribution is 2.24. The van der Waals surface area contributed by atoms with Gasteiger partial charge in [-0.2, -0.15) is 0 Å². The Morgan fingerprint density at radius 2 is 1.80 bits per heavy atom. The molecule has 0 atom stereocenters. The normalized spacial score (nSPS) is 16.4. The van der Waals surface area contributed by atoms with Crippen LogP contribution in [0.25, 0.3) is 0 Å². The molecule has 1 aliphatic rings. The van der Waals surface area contributed by atoms with E-state index in [4.69, 9.17) is 18.0 Å². The molecule has 20 heavy (non-hydrogen) atoms. The molecule has 1 fully saturated rings. The lowest BCUT2D eigenvalue weighted by Crippen LogP contribution is -2.34. The lowest BCUT2D eigenvalue weighted by molar-refractivity contribution is -0.130. The van der Waals surface area contributed by atoms with E-state index in [2.05, 4.69) is 11.9 Å². The van der Waals surface area contributed by atoms with Gasteiger partial charge in [0.05, 0.1) is 4.99 Å². The minimum Gasteiger partial charge on any atom is -0.393 e. The molecule has 0 aromatic heterocycles. The summed E-state index contributed by atoms with van der Waals surface area (Å²) in [4.78, 5) is 16.5. The monoisotopic (exact) mass is 299 g/mol. The lowest BCUT2D eigenvalue weighted by atomic mass is 9.89. The molecule has 0 bridgehead atoms. The van der Waals surface area contributed by atoms with Crippen molar-refractivity contribution in [3.8, 4) is 0 Å². The number of nitrogens with zero attached hydrogens (tertiary/aromatic N) is 2. The fraction of sp³-hybridized carbons (Fsp3) is 0.867. The molecule has 1 rings (SSSR count). The molecule has 0 radical (unpaired) electrons. The smallest absolute Gasteiger partial charge is 0.223 e. The van der Waals surface area contributed by atoms with Crippen LogP contribution in [0.2, 0.25) is 0 Å². The molecule has 0 unspecified atom stereocenters. The second-order valence-corrected chi connectivity index (χ2v) is 6.57. The zero-order chi connectivity index (χ0) is 15.0. The van der Waals surface area contributed by atoms with Crippen LogP contribution in [0.1, 0.15) is 44.9 Å². The first-order valence-corrected chi connectivity index (χ1v) is 8.10. The van der Waals surface area contributed by atoms with Gasteiger partial charge in [-0.25, -0.2) is 0 Å². The van der Waals surface area contributed by atoms with Crippen molar-refractivity contribution in [3.63, 3.8) is 0 Å². The fourth-order valence-electron chi connectivity index (χ4n) is 2.78. The fourth-order valence-corrected chi connectivity index (χ4v) is 2.87. The molecule has 0 aromatic rings. The third-order valence-electron chi connectivity index (χ3n) is 4.12. The van der Waals surface area contributed by atoms with E-state index >= 15 is 0 Å². The van der Waals surface area contributed by atoms with Crippen LogP contribution in [0.3, 0.4) is 0 Å². The van der Waals surface area contributed by atoms with Gasteiger partial charge in [-0.05, 0) is 25.8 Å². The van der Waals surface area contributed by atoms with Crippen LogP contribution >= 0.6 is 12.2 Å². The highest BCUT2D eigenvalue weighted by Gasteiger charge is 2.16. The van der Waals surface area contributed by atoms with Gasteiger partial charge in [0.2, 0.25) is 5.91 Å². The van der Waals surface area contributed by atoms with Crippen molar-refractivity contribution in [1.82, 2.24) is 9.80 Å². The summed E-state index contributed by atoms with van der Waals surface area (Å²) >= 11 is 4.83. The first-order valence-electron chi connectivity index (χ1n) is 7.70. The van der Waals surface area contributed by atoms with Gasteiger partial charge in [0.15, 0.2) is 0 Å². The summed E-state index contributed by atoms with van der Waals surface area (Å²) in [6.07, 6.45) is 8.04. The van der Waals surface area contributed by atoms with Crippen LogP contribution in [0.15, 0.2) is 0 Å². The van der Waals surface area contributed by atoms with Gasteiger partial charge >= 0.3 is 0 Å². The molecular weight excluding hydrogens is 270 g/mol. The molecule has 0 heterocycles. The molecule has 1 amide bonds. The topological polar surface area (TPSA) is 49.6 Å². The van der Waals surface area contributed by atoms with Gasteiger partial charge in [-0.3, -0.25) is 4.79 Å². The highest BCUT2D eigenvalue weighted by atomic mass is 32.1. The second-order valence-electron chi connectivity index (χ2n) is 6.05. The number of carbonyl (C=O) groups is 1. The first kappa shape index (κ1) is 17.4. The molecule has 116 valence electrons. The zero-order valence-electron chi connectivity index (χ0n) is 12.9. The first-order chi connectivity index (χ1) is 9.49. The Morgan fingerprint density at radius 3 is 2.40 bits per heavy atom. The Morgan fingerprint density at radius 1 is 1.15 bits per heavy atom. The number of rotatable bonds is 8. The lowest BCUT2D eigenvalue weighted by Gasteiger charge is -2.27. The van der Waals surface area contributed by atoms with Crippen LogP contribution in [-0.4, -0.2) is 54.4 Å². The molecule has 1 saturated carbocycles. The maximum Gasteiger partial charge on any atom is 0.223 e. The number of amides is 1. The number of carbonyl (C=O) groups excluding carboxylic acids is 1. The molecule has 2 N–H and O–H groups in total. The third kappa shape index (κ3) is 7.20. The van der Waals surface area contributed by atoms with Crippen LogP contribution < -0.4 is 5.73 Å². The van der Waals surface area contributed by atoms with Gasteiger partial charge in [0.1, 0.15) is 0 Å². The van der Waals surface area contributed by atoms with E-state index in [9.17, 15) is 4.79 Å². The van der Waals surface area contributed by atoms with Crippen LogP contribution in [-0.2, 0) is 4.79 Å². The van der Waals surface area contributed by atoms with Crippen molar-refractivity contribution >= 4 is 23.1 Å². The Bertz CT molecular complexity index is 316. The van der Waals surface area contributed by atoms with Gasteiger partial charge in [-0.1, -0.05) is 31.5 Å². The van der Waals surface area contributed by atoms with Gasteiger partial charge in [0, 0.05) is 39.5 Å². The predicted octanol–water partition coefficient (Wildman–Crippen LogP) is 2.02. The minimum atomic E-state index is 0.178. The Labute approximate surface area is 128 Å². The average Bonchev–Trinajstić information content (AvgIpc) is 2.43. The minimum absolute atomic E-state index is 0.178. The van der Waals surface area contributed by atoms with Crippen LogP contribution in [0.4, 0.5) is 0 Å². The Hall–Kier alpha value is -0.680. The van der Waals surface area contributed by atoms with Crippen molar-refractivity contribution in [1.29, 1.82) is 0 Å². The molecule has 0 spiro atoms. The van der Waals surface area contributed by atoms with E-state index in [0.29, 0.717) is 24.4 Å². The third-order valence-corrected chi connectivity index (χ3v) is 4.33. The highest BCUT2D eigenvalue weighted by molar-refractivity contribution is 7.80. The zero-order valence-corrected chi connectivity index (χ0v) is 13.8. The van der Waals surface area contributed by atoms with Crippen molar-refractivity contribution in [3.05, 3.63) is 0 Å². The summed E-state index contributed by atoms with van der Waals surface area (Å²) in [5.41, 5.74) is 5.45. The number of nitrogens with two attached hydrogens (primary N) is 1. The van der Waals surface area contributed by atoms with E-state index in [-0.39, 0.29) is 5.91 Å². The van der Waals surface area contributed by atoms with E-state index in [1.807, 2.05) is 7.05 Å². The van der Waals surface area contributed by atoms with Gasteiger partial charge in [0.25, 0.3) is 0 Å². The summed E-state index contributed by atoms with van der Waals surface area (Å²) in [5.74, 6) is 1.01. The molecule has 0 aliphatic heterocycles. The second kappa shape index (κ2) is 9.29. The van der Waals surface area contributed by atoms with Crippen molar-refractivity contribution < 1.29 is 4.79 Å². The largest absolute Gasteiger partial charge is 0.393 e. The summed E-state index contributed by atoms with van der Waals surface area (Å²) in [6, 6.07) is 0. The quantitative estimate of drug-likeness (QED) is 0.697. The standard InChI is InChI=1S/C15H29N3OS/c1-17(12-13-6-4-3-5-7-13)10-9-15(19)18(2)11-8-14(16)20/h13H,3-12H2,1-2H3,(H2,16,20). The van der Waals surface area contributed by atoms with Gasteiger partial charge in [-0.15, -0.1) is 0 Å². The molecule has 0 aromatic carbocycles. The van der Waals surface area contributed by atoms with Crippen LogP contribution in [0.5, 0.6) is 0 Å². The van der Waals surface area contributed by atoms with Crippen molar-refractivity contribution in [2.75, 3.05) is 33.7 Å². The van der Waals surface area contributed by atoms with E-state index in [1.54, 1.807) is 4.90 Å². The molecular formula is C15H29N3OS. The van der Waals surface area contributed by atoms with Crippen molar-refractivity contribution in [2.24, 2.45) is 11.7 Å². The Kier molecular flexibility index (Phi) is 8.07. The van der Waals surface area contributed by atoms with E-state index in [0.717, 1.165) is 19.0 Å². The molecule has 0 saturated heterocycles. The predicted molar refractivity (Wildman–Crippen MR) is 87.7 cm³/mol. The molecule has 5 heteroatoms. The molecule has 1 aliphatic carbocycles. The van der Waals surface area contributed by atoms with E-state index < -0.39 is 0 Å². The number of hydrogen-bond acceptors (Lipinski definition) is 3. The maximum absolute atomic E-state index is 12.0. The average molecular weight is 299 g/mol. The summed E-state index contributed by atoms with van der Waals surface area (Å²) in [7, 11) is 3.94. The van der Waals surface area contributed by atoms with Crippen LogP contribution in [0, 0.1) is 5.92 Å². The number of hydrogen-bond donors (Lipinski definition) is 1. The SMILES string of the molecule is CN(CCC(=O)N(C)CCC(N)=S)CC1CCCCC1. The summed E-state index contributed by atoms with van der Waals surface area (Å²) in [6.45, 7) is 2.59. The summed E-state index contributed by atoms with van der Waals surface area (Å²) in [5, 5.41) is 0. The Balaban J connectivity index is 2.16. The van der Waals surface area contributed by atoms with E-state index in [1.165, 1.54) is 32.1 Å². The summed E-state index contributed by atoms with van der Waals surface area (Å²) < 4.78 is 0. The van der Waals surface area contributed by atoms with Crippen molar-refractivity contribution in [2.45, 2.75) is 44.9 Å². The number of thiocarbonyl (C=S) groups is 1. The maximum atomic E-state index is 12.0. The molecule has 4 nitrogen and oxygen atoms in total. The van der Waals surface area contributed by atoms with Gasteiger partial charge < -0.3 is 15.5 Å².